The molecule has 1 aromatic carbocycles. The lowest BCUT2D eigenvalue weighted by Crippen LogP contribution is -2.27. The minimum absolute atomic E-state index is 0.364. The van der Waals surface area contributed by atoms with E-state index in [1.165, 1.54) is 10.9 Å². The molecule has 21 heavy (non-hydrogen) atoms. The van der Waals surface area contributed by atoms with Crippen molar-refractivity contribution < 1.29 is 4.42 Å². The number of pyridine rings is 1. The maximum absolute atomic E-state index is 5.40. The summed E-state index contributed by atoms with van der Waals surface area (Å²) in [6, 6.07) is 14.8. The van der Waals surface area contributed by atoms with Gasteiger partial charge in [0.1, 0.15) is 5.76 Å². The van der Waals surface area contributed by atoms with Crippen LogP contribution in [0.2, 0.25) is 0 Å². The molecule has 3 nitrogen and oxygen atoms in total. The smallest absolute Gasteiger partial charge is 0.105 e. The van der Waals surface area contributed by atoms with Crippen LogP contribution in [0.5, 0.6) is 0 Å². The van der Waals surface area contributed by atoms with Gasteiger partial charge in [-0.1, -0.05) is 18.2 Å². The Morgan fingerprint density at radius 2 is 2.05 bits per heavy atom. The van der Waals surface area contributed by atoms with E-state index in [1.807, 2.05) is 25.1 Å². The third-order valence-corrected chi connectivity index (χ3v) is 3.66. The maximum Gasteiger partial charge on any atom is 0.105 e. The molecule has 0 aliphatic carbocycles. The Morgan fingerprint density at radius 1 is 1.19 bits per heavy atom. The van der Waals surface area contributed by atoms with Crippen LogP contribution in [-0.2, 0) is 13.0 Å². The average molecular weight is 280 g/mol. The highest BCUT2D eigenvalue weighted by Gasteiger charge is 2.08. The lowest BCUT2D eigenvalue weighted by molar-refractivity contribution is 0.457. The highest BCUT2D eigenvalue weighted by Crippen LogP contribution is 2.18. The van der Waals surface area contributed by atoms with E-state index in [-0.39, 0.29) is 0 Å². The molecule has 3 aromatic rings. The Balaban J connectivity index is 1.73. The maximum atomic E-state index is 5.40. The summed E-state index contributed by atoms with van der Waals surface area (Å²) < 4.78 is 5.40. The van der Waals surface area contributed by atoms with Gasteiger partial charge in [0.15, 0.2) is 0 Å². The highest BCUT2D eigenvalue weighted by atomic mass is 16.3. The van der Waals surface area contributed by atoms with Crippen molar-refractivity contribution in [1.82, 2.24) is 10.3 Å². The number of aromatic nitrogens is 1. The Kier molecular flexibility index (Phi) is 4.02. The number of aryl methyl sites for hydroxylation is 1. The minimum atomic E-state index is 0.364. The summed E-state index contributed by atoms with van der Waals surface area (Å²) in [5.41, 5.74) is 3.42. The van der Waals surface area contributed by atoms with Crippen molar-refractivity contribution in [3.8, 4) is 0 Å². The van der Waals surface area contributed by atoms with Crippen molar-refractivity contribution in [2.24, 2.45) is 0 Å². The lowest BCUT2D eigenvalue weighted by atomic mass is 10.1. The molecule has 2 aromatic heterocycles. The van der Waals surface area contributed by atoms with Crippen LogP contribution in [0, 0.1) is 6.92 Å². The molecular formula is C18H20N2O. The first-order valence-corrected chi connectivity index (χ1v) is 7.33. The van der Waals surface area contributed by atoms with Crippen LogP contribution >= 0.6 is 0 Å². The molecule has 1 N–H and O–H groups in total. The van der Waals surface area contributed by atoms with E-state index in [2.05, 4.69) is 41.5 Å². The number of nitrogens with zero attached hydrogens (tertiary/aromatic N) is 1. The van der Waals surface area contributed by atoms with E-state index in [1.54, 1.807) is 6.26 Å². The zero-order valence-electron chi connectivity index (χ0n) is 12.5. The Labute approximate surface area is 125 Å². The van der Waals surface area contributed by atoms with Crippen molar-refractivity contribution in [3.63, 3.8) is 0 Å². The quantitative estimate of drug-likeness (QED) is 0.771. The fourth-order valence-corrected chi connectivity index (χ4v) is 2.63. The number of hydrogen-bond donors (Lipinski definition) is 1. The average Bonchev–Trinajstić information content (AvgIpc) is 2.97. The monoisotopic (exact) mass is 280 g/mol. The zero-order chi connectivity index (χ0) is 14.7. The number of nitrogens with one attached hydrogen (secondary N) is 1. The molecule has 0 bridgehead atoms. The Bertz CT molecular complexity index is 719. The molecule has 0 amide bonds. The fourth-order valence-electron chi connectivity index (χ4n) is 2.63. The number of para-hydroxylation sites is 1. The number of benzene rings is 1. The molecular weight excluding hydrogens is 260 g/mol. The van der Waals surface area contributed by atoms with Gasteiger partial charge in [-0.15, -0.1) is 0 Å². The van der Waals surface area contributed by atoms with Gasteiger partial charge in [-0.2, -0.15) is 0 Å². The molecule has 0 radical (unpaired) electrons. The first-order chi connectivity index (χ1) is 10.2. The molecule has 1 unspecified atom stereocenters. The molecule has 2 heterocycles. The van der Waals surface area contributed by atoms with E-state index in [0.29, 0.717) is 6.04 Å². The van der Waals surface area contributed by atoms with Gasteiger partial charge < -0.3 is 9.73 Å². The number of fused-ring (bicyclic) bond motifs is 1. The number of furan rings is 1. The molecule has 3 rings (SSSR count). The predicted molar refractivity (Wildman–Crippen MR) is 85.2 cm³/mol. The van der Waals surface area contributed by atoms with E-state index in [4.69, 9.17) is 4.42 Å². The minimum Gasteiger partial charge on any atom is -0.469 e. The van der Waals surface area contributed by atoms with Crippen molar-refractivity contribution in [3.05, 3.63) is 65.7 Å². The number of hydrogen-bond acceptors (Lipinski definition) is 3. The molecule has 0 saturated carbocycles. The first-order valence-electron chi connectivity index (χ1n) is 7.33. The van der Waals surface area contributed by atoms with Crippen LogP contribution in [-0.4, -0.2) is 11.0 Å². The van der Waals surface area contributed by atoms with E-state index >= 15 is 0 Å². The third-order valence-electron chi connectivity index (χ3n) is 3.66. The van der Waals surface area contributed by atoms with Crippen LogP contribution in [0.15, 0.2) is 53.1 Å². The Morgan fingerprint density at radius 3 is 2.86 bits per heavy atom. The third kappa shape index (κ3) is 3.31. The Hall–Kier alpha value is -2.13. The molecule has 0 aliphatic rings. The second kappa shape index (κ2) is 6.10. The van der Waals surface area contributed by atoms with Gasteiger partial charge in [0, 0.05) is 30.1 Å². The SMILES string of the molecule is Cc1cc(CNC(C)Cc2ccco2)c2ccccc2n1. The van der Waals surface area contributed by atoms with E-state index < -0.39 is 0 Å². The largest absolute Gasteiger partial charge is 0.469 e. The standard InChI is InChI=1S/C18H20N2O/c1-13(11-16-6-5-9-21-16)19-12-15-10-14(2)20-18-8-4-3-7-17(15)18/h3-10,13,19H,11-12H2,1-2H3. The van der Waals surface area contributed by atoms with Gasteiger partial charge in [-0.25, -0.2) is 0 Å². The summed E-state index contributed by atoms with van der Waals surface area (Å²) >= 11 is 0. The molecule has 3 heteroatoms. The van der Waals surface area contributed by atoms with Gasteiger partial charge >= 0.3 is 0 Å². The summed E-state index contributed by atoms with van der Waals surface area (Å²) in [7, 11) is 0. The van der Waals surface area contributed by atoms with Crippen molar-refractivity contribution in [2.45, 2.75) is 32.9 Å². The van der Waals surface area contributed by atoms with Crippen LogP contribution in [0.25, 0.3) is 10.9 Å². The predicted octanol–water partition coefficient (Wildman–Crippen LogP) is 3.86. The summed E-state index contributed by atoms with van der Waals surface area (Å²) in [6.45, 7) is 5.06. The van der Waals surface area contributed by atoms with Crippen LogP contribution in [0.1, 0.15) is 23.9 Å². The van der Waals surface area contributed by atoms with E-state index in [9.17, 15) is 0 Å². The fraction of sp³-hybridized carbons (Fsp3) is 0.278. The molecule has 0 aliphatic heterocycles. The summed E-state index contributed by atoms with van der Waals surface area (Å²) in [5.74, 6) is 1.02. The summed E-state index contributed by atoms with van der Waals surface area (Å²) in [5, 5.41) is 4.79. The van der Waals surface area contributed by atoms with Crippen LogP contribution in [0.3, 0.4) is 0 Å². The molecule has 0 spiro atoms. The summed E-state index contributed by atoms with van der Waals surface area (Å²) in [4.78, 5) is 4.58. The van der Waals surface area contributed by atoms with Gasteiger partial charge in [-0.3, -0.25) is 4.98 Å². The first kappa shape index (κ1) is 13.8. The second-order valence-corrected chi connectivity index (χ2v) is 5.51. The van der Waals surface area contributed by atoms with Crippen LogP contribution in [0.4, 0.5) is 0 Å². The second-order valence-electron chi connectivity index (χ2n) is 5.51. The summed E-state index contributed by atoms with van der Waals surface area (Å²) in [6.07, 6.45) is 2.62. The molecule has 1 atom stereocenters. The molecule has 0 saturated heterocycles. The van der Waals surface area contributed by atoms with Crippen molar-refractivity contribution in [2.75, 3.05) is 0 Å². The molecule has 0 fully saturated rings. The van der Waals surface area contributed by atoms with Crippen molar-refractivity contribution >= 4 is 10.9 Å². The van der Waals surface area contributed by atoms with E-state index in [0.717, 1.165) is 29.9 Å². The van der Waals surface area contributed by atoms with Gasteiger partial charge in [-0.05, 0) is 43.7 Å². The van der Waals surface area contributed by atoms with Crippen LogP contribution < -0.4 is 5.32 Å². The topological polar surface area (TPSA) is 38.1 Å². The molecule has 108 valence electrons. The van der Waals surface area contributed by atoms with Gasteiger partial charge in [0.25, 0.3) is 0 Å². The van der Waals surface area contributed by atoms with Gasteiger partial charge in [0.2, 0.25) is 0 Å². The highest BCUT2D eigenvalue weighted by molar-refractivity contribution is 5.82. The number of rotatable bonds is 5. The zero-order valence-corrected chi connectivity index (χ0v) is 12.5. The normalized spacial score (nSPS) is 12.7. The lowest BCUT2D eigenvalue weighted by Gasteiger charge is -2.14. The van der Waals surface area contributed by atoms with Crippen molar-refractivity contribution in [1.29, 1.82) is 0 Å². The van der Waals surface area contributed by atoms with Gasteiger partial charge in [0.05, 0.1) is 11.8 Å².